The quantitative estimate of drug-likeness (QED) is 0.479. The predicted octanol–water partition coefficient (Wildman–Crippen LogP) is 1.25. The zero-order chi connectivity index (χ0) is 16.9. The van der Waals surface area contributed by atoms with Gasteiger partial charge >= 0.3 is 0 Å². The van der Waals surface area contributed by atoms with Gasteiger partial charge in [0, 0.05) is 18.7 Å². The monoisotopic (exact) mass is 329 g/mol. The van der Waals surface area contributed by atoms with E-state index in [1.807, 2.05) is 6.07 Å². The van der Waals surface area contributed by atoms with Crippen molar-refractivity contribution in [1.29, 1.82) is 5.26 Å². The molecule has 0 saturated carbocycles. The number of rotatable bonds is 4. The highest BCUT2D eigenvalue weighted by molar-refractivity contribution is 5.77. The molecule has 0 bridgehead atoms. The largest absolute Gasteiger partial charge is 0.489 e. The first-order valence-electron chi connectivity index (χ1n) is 6.87. The smallest absolute Gasteiger partial charge is 0.296 e. The molecule has 11 nitrogen and oxygen atoms in total. The number of benzene rings is 1. The number of tetrazole rings is 1. The van der Waals surface area contributed by atoms with Crippen LogP contribution in [0, 0.1) is 21.4 Å². The van der Waals surface area contributed by atoms with Crippen LogP contribution in [0.2, 0.25) is 0 Å². The number of hydrogen-bond donors (Lipinski definition) is 2. The molecule has 24 heavy (non-hydrogen) atoms. The van der Waals surface area contributed by atoms with Gasteiger partial charge in [-0.3, -0.25) is 10.1 Å². The molecule has 0 atom stereocenters. The van der Waals surface area contributed by atoms with Crippen molar-refractivity contribution in [3.8, 4) is 17.6 Å². The fourth-order valence-electron chi connectivity index (χ4n) is 2.04. The van der Waals surface area contributed by atoms with Crippen LogP contribution in [0.25, 0.3) is 5.57 Å². The number of anilines is 1. The first-order chi connectivity index (χ1) is 11.7. The summed E-state index contributed by atoms with van der Waals surface area (Å²) in [5, 5.41) is 36.1. The Kier molecular flexibility index (Phi) is 4.19. The molecule has 0 fully saturated rings. The summed E-state index contributed by atoms with van der Waals surface area (Å²) in [6.45, 7) is 0.875. The third kappa shape index (κ3) is 3.07. The van der Waals surface area contributed by atoms with Crippen molar-refractivity contribution in [3.05, 3.63) is 34.3 Å². The summed E-state index contributed by atoms with van der Waals surface area (Å²) in [7, 11) is 0. The molecule has 2 aromatic rings. The van der Waals surface area contributed by atoms with Crippen molar-refractivity contribution in [1.82, 2.24) is 20.6 Å². The number of hydrogen-bond acceptors (Lipinski definition) is 9. The Morgan fingerprint density at radius 1 is 1.42 bits per heavy atom. The number of fused-ring (bicyclic) bond motifs is 1. The number of nitrogens with zero attached hydrogens (tertiary/aromatic N) is 5. The maximum atomic E-state index is 11.3. The molecule has 0 saturated heterocycles. The fourth-order valence-corrected chi connectivity index (χ4v) is 2.04. The second-order valence-corrected chi connectivity index (χ2v) is 4.67. The molecule has 11 heteroatoms. The zero-order valence-corrected chi connectivity index (χ0v) is 12.2. The van der Waals surface area contributed by atoms with Crippen LogP contribution < -0.4 is 14.8 Å². The molecule has 1 aromatic heterocycles. The van der Waals surface area contributed by atoms with Gasteiger partial charge in [-0.1, -0.05) is 0 Å². The van der Waals surface area contributed by atoms with Crippen LogP contribution in [-0.2, 0) is 0 Å². The van der Waals surface area contributed by atoms with E-state index in [0.717, 1.165) is 0 Å². The van der Waals surface area contributed by atoms with Gasteiger partial charge in [-0.25, -0.2) is 0 Å². The standard InChI is InChI=1S/C13H11N7O4/c14-6-8(13-16-18-19-17-13)7-15-9-4-11-12(5-10(9)20(21)22)24-3-1-2-23-11/h4-5,7,15H,1-3H2,(H,16,17,18,19). The van der Waals surface area contributed by atoms with Crippen LogP contribution in [0.3, 0.4) is 0 Å². The minimum Gasteiger partial charge on any atom is -0.489 e. The van der Waals surface area contributed by atoms with Crippen molar-refractivity contribution >= 4 is 16.9 Å². The van der Waals surface area contributed by atoms with E-state index in [1.165, 1.54) is 18.3 Å². The maximum Gasteiger partial charge on any atom is 0.296 e. The summed E-state index contributed by atoms with van der Waals surface area (Å²) in [6.07, 6.45) is 1.94. The first kappa shape index (κ1) is 15.2. The number of aromatic amines is 1. The van der Waals surface area contributed by atoms with E-state index in [-0.39, 0.29) is 22.8 Å². The molecule has 0 unspecified atom stereocenters. The van der Waals surface area contributed by atoms with E-state index < -0.39 is 4.92 Å². The third-order valence-electron chi connectivity index (χ3n) is 3.14. The second kappa shape index (κ2) is 6.61. The van der Waals surface area contributed by atoms with E-state index in [9.17, 15) is 10.1 Å². The Morgan fingerprint density at radius 3 is 2.79 bits per heavy atom. The number of nitriles is 1. The summed E-state index contributed by atoms with van der Waals surface area (Å²) in [4.78, 5) is 10.7. The predicted molar refractivity (Wildman–Crippen MR) is 80.1 cm³/mol. The molecular weight excluding hydrogens is 318 g/mol. The third-order valence-corrected chi connectivity index (χ3v) is 3.14. The van der Waals surface area contributed by atoms with Gasteiger partial charge in [0.1, 0.15) is 17.3 Å². The summed E-state index contributed by atoms with van der Waals surface area (Å²) >= 11 is 0. The van der Waals surface area contributed by atoms with Gasteiger partial charge in [0.05, 0.1) is 24.2 Å². The van der Waals surface area contributed by atoms with Crippen molar-refractivity contribution in [3.63, 3.8) is 0 Å². The number of nitro groups is 1. The summed E-state index contributed by atoms with van der Waals surface area (Å²) in [5.41, 5.74) is 0.00607. The van der Waals surface area contributed by atoms with E-state index in [4.69, 9.17) is 14.7 Å². The molecule has 0 amide bonds. The Labute approximate surface area is 135 Å². The highest BCUT2D eigenvalue weighted by atomic mass is 16.6. The molecule has 0 aliphatic carbocycles. The average Bonchev–Trinajstić information content (AvgIpc) is 3.00. The lowest BCUT2D eigenvalue weighted by Crippen LogP contribution is -2.00. The van der Waals surface area contributed by atoms with Crippen molar-refractivity contribution in [2.45, 2.75) is 6.42 Å². The van der Waals surface area contributed by atoms with E-state index in [1.54, 1.807) is 0 Å². The van der Waals surface area contributed by atoms with Gasteiger partial charge in [0.25, 0.3) is 5.69 Å². The van der Waals surface area contributed by atoms with Crippen LogP contribution in [0.4, 0.5) is 11.4 Å². The number of aromatic nitrogens is 4. The molecule has 3 rings (SSSR count). The van der Waals surface area contributed by atoms with Gasteiger partial charge in [-0.15, -0.1) is 10.2 Å². The summed E-state index contributed by atoms with van der Waals surface area (Å²) in [6, 6.07) is 4.63. The van der Waals surface area contributed by atoms with Gasteiger partial charge in [-0.2, -0.15) is 10.5 Å². The van der Waals surface area contributed by atoms with Gasteiger partial charge < -0.3 is 14.8 Å². The Morgan fingerprint density at radius 2 is 2.17 bits per heavy atom. The van der Waals surface area contributed by atoms with Gasteiger partial charge in [0.15, 0.2) is 11.5 Å². The highest BCUT2D eigenvalue weighted by Gasteiger charge is 2.21. The van der Waals surface area contributed by atoms with Crippen LogP contribution in [0.1, 0.15) is 12.2 Å². The van der Waals surface area contributed by atoms with Crippen molar-refractivity contribution < 1.29 is 14.4 Å². The number of ether oxygens (including phenoxy) is 2. The molecule has 1 aliphatic rings. The first-order valence-corrected chi connectivity index (χ1v) is 6.87. The summed E-state index contributed by atoms with van der Waals surface area (Å²) in [5.74, 6) is 0.779. The molecule has 0 spiro atoms. The number of allylic oxidation sites excluding steroid dienone is 1. The molecule has 1 aromatic carbocycles. The van der Waals surface area contributed by atoms with Gasteiger partial charge in [-0.05, 0) is 5.21 Å². The van der Waals surface area contributed by atoms with Crippen LogP contribution in [0.15, 0.2) is 18.3 Å². The topological polar surface area (TPSA) is 152 Å². The van der Waals surface area contributed by atoms with Crippen molar-refractivity contribution in [2.75, 3.05) is 18.5 Å². The van der Waals surface area contributed by atoms with Crippen molar-refractivity contribution in [2.24, 2.45) is 0 Å². The minimum absolute atomic E-state index is 0.0603. The molecule has 2 heterocycles. The van der Waals surface area contributed by atoms with E-state index in [0.29, 0.717) is 31.1 Å². The number of nitrogens with one attached hydrogen (secondary N) is 2. The molecule has 2 N–H and O–H groups in total. The van der Waals surface area contributed by atoms with E-state index in [2.05, 4.69) is 25.9 Å². The maximum absolute atomic E-state index is 11.3. The Balaban J connectivity index is 1.96. The van der Waals surface area contributed by atoms with Crippen LogP contribution in [-0.4, -0.2) is 38.8 Å². The summed E-state index contributed by atoms with van der Waals surface area (Å²) < 4.78 is 11.0. The average molecular weight is 329 g/mol. The molecule has 1 aliphatic heterocycles. The van der Waals surface area contributed by atoms with Crippen LogP contribution in [0.5, 0.6) is 11.5 Å². The fraction of sp³-hybridized carbons (Fsp3) is 0.231. The zero-order valence-electron chi connectivity index (χ0n) is 12.2. The Bertz CT molecular complexity index is 826. The molecular formula is C13H11N7O4. The van der Waals surface area contributed by atoms with Crippen LogP contribution >= 0.6 is 0 Å². The van der Waals surface area contributed by atoms with E-state index >= 15 is 0 Å². The lowest BCUT2D eigenvalue weighted by atomic mass is 10.2. The lowest BCUT2D eigenvalue weighted by Gasteiger charge is -2.10. The second-order valence-electron chi connectivity index (χ2n) is 4.67. The Hall–Kier alpha value is -3.68. The normalized spacial score (nSPS) is 13.7. The van der Waals surface area contributed by atoms with Gasteiger partial charge in [0.2, 0.25) is 5.82 Å². The number of H-pyrrole nitrogens is 1. The minimum atomic E-state index is -0.550. The molecule has 0 radical (unpaired) electrons. The lowest BCUT2D eigenvalue weighted by molar-refractivity contribution is -0.384. The SMILES string of the molecule is N#CC(=CNc1cc2c(cc1[N+](=O)[O-])OCCCO2)c1nn[nH]n1. The molecule has 122 valence electrons. The highest BCUT2D eigenvalue weighted by Crippen LogP contribution is 2.39. The number of nitro benzene ring substituents is 1.